The molecule has 2 rings (SSSR count). The lowest BCUT2D eigenvalue weighted by Crippen LogP contribution is -2.43. The molecule has 0 saturated heterocycles. The summed E-state index contributed by atoms with van der Waals surface area (Å²) >= 11 is 0. The van der Waals surface area contributed by atoms with Gasteiger partial charge in [0.2, 0.25) is 0 Å². The van der Waals surface area contributed by atoms with Gasteiger partial charge in [-0.2, -0.15) is 0 Å². The van der Waals surface area contributed by atoms with Crippen molar-refractivity contribution in [3.63, 3.8) is 0 Å². The SMILES string of the molecule is Cc1ccc(C(=O)NCC2(CC(=O)O)CCC2)cc1. The Morgan fingerprint density at radius 3 is 2.37 bits per heavy atom. The first kappa shape index (κ1) is 13.6. The summed E-state index contributed by atoms with van der Waals surface area (Å²) in [6.45, 7) is 2.42. The minimum absolute atomic E-state index is 0.128. The number of rotatable bonds is 5. The van der Waals surface area contributed by atoms with Crippen molar-refractivity contribution in [3.8, 4) is 0 Å². The van der Waals surface area contributed by atoms with Crippen LogP contribution in [0.2, 0.25) is 0 Å². The third-order valence-electron chi connectivity index (χ3n) is 3.88. The maximum Gasteiger partial charge on any atom is 0.303 e. The second kappa shape index (κ2) is 5.43. The third kappa shape index (κ3) is 3.34. The second-order valence-corrected chi connectivity index (χ2v) is 5.47. The van der Waals surface area contributed by atoms with Crippen LogP contribution < -0.4 is 5.32 Å². The number of hydrogen-bond donors (Lipinski definition) is 2. The maximum absolute atomic E-state index is 12.0. The topological polar surface area (TPSA) is 66.4 Å². The number of hydrogen-bond acceptors (Lipinski definition) is 2. The summed E-state index contributed by atoms with van der Waals surface area (Å²) in [6.07, 6.45) is 2.95. The van der Waals surface area contributed by atoms with Gasteiger partial charge in [-0.05, 0) is 37.3 Å². The Morgan fingerprint density at radius 1 is 1.26 bits per heavy atom. The molecule has 0 radical (unpaired) electrons. The number of carboxylic acids is 1. The van der Waals surface area contributed by atoms with Crippen LogP contribution in [0.3, 0.4) is 0 Å². The zero-order valence-electron chi connectivity index (χ0n) is 11.1. The van der Waals surface area contributed by atoms with Gasteiger partial charge in [-0.15, -0.1) is 0 Å². The molecule has 4 heteroatoms. The third-order valence-corrected chi connectivity index (χ3v) is 3.88. The Labute approximate surface area is 112 Å². The van der Waals surface area contributed by atoms with Crippen molar-refractivity contribution in [3.05, 3.63) is 35.4 Å². The highest BCUT2D eigenvalue weighted by Gasteiger charge is 2.39. The lowest BCUT2D eigenvalue weighted by atomic mass is 9.66. The van der Waals surface area contributed by atoms with Crippen LogP contribution in [-0.4, -0.2) is 23.5 Å². The van der Waals surface area contributed by atoms with Crippen molar-refractivity contribution in [2.75, 3.05) is 6.54 Å². The Morgan fingerprint density at radius 2 is 1.89 bits per heavy atom. The van der Waals surface area contributed by atoms with Gasteiger partial charge in [0.15, 0.2) is 0 Å². The molecule has 0 heterocycles. The molecular formula is C15H19NO3. The van der Waals surface area contributed by atoms with E-state index in [1.165, 1.54) is 0 Å². The molecule has 2 N–H and O–H groups in total. The van der Waals surface area contributed by atoms with Crippen LogP contribution in [0, 0.1) is 12.3 Å². The van der Waals surface area contributed by atoms with Crippen molar-refractivity contribution < 1.29 is 14.7 Å². The molecule has 0 unspecified atom stereocenters. The predicted octanol–water partition coefficient (Wildman–Crippen LogP) is 2.37. The monoisotopic (exact) mass is 261 g/mol. The first-order chi connectivity index (χ1) is 9.01. The van der Waals surface area contributed by atoms with Gasteiger partial charge >= 0.3 is 5.97 Å². The van der Waals surface area contributed by atoms with Crippen molar-refractivity contribution in [1.29, 1.82) is 0 Å². The normalized spacial score (nSPS) is 16.5. The van der Waals surface area contributed by atoms with E-state index < -0.39 is 5.97 Å². The molecule has 19 heavy (non-hydrogen) atoms. The summed E-state index contributed by atoms with van der Waals surface area (Å²) in [5, 5.41) is 11.8. The van der Waals surface area contributed by atoms with E-state index in [0.717, 1.165) is 24.8 Å². The maximum atomic E-state index is 12.0. The standard InChI is InChI=1S/C15H19NO3/c1-11-3-5-12(6-4-11)14(19)16-10-15(7-2-8-15)9-13(17)18/h3-6H,2,7-10H2,1H3,(H,16,19)(H,17,18). The molecular weight excluding hydrogens is 242 g/mol. The molecule has 1 fully saturated rings. The van der Waals surface area contributed by atoms with Crippen LogP contribution in [0.4, 0.5) is 0 Å². The Balaban J connectivity index is 1.92. The fraction of sp³-hybridized carbons (Fsp3) is 0.467. The van der Waals surface area contributed by atoms with E-state index in [1.807, 2.05) is 19.1 Å². The smallest absolute Gasteiger partial charge is 0.303 e. The van der Waals surface area contributed by atoms with Gasteiger partial charge in [-0.25, -0.2) is 0 Å². The van der Waals surface area contributed by atoms with Crippen LogP contribution in [0.5, 0.6) is 0 Å². The molecule has 0 bridgehead atoms. The van der Waals surface area contributed by atoms with Gasteiger partial charge < -0.3 is 10.4 Å². The molecule has 0 aliphatic heterocycles. The van der Waals surface area contributed by atoms with Crippen LogP contribution >= 0.6 is 0 Å². The fourth-order valence-electron chi connectivity index (χ4n) is 2.49. The summed E-state index contributed by atoms with van der Waals surface area (Å²) in [6, 6.07) is 7.36. The first-order valence-corrected chi connectivity index (χ1v) is 6.57. The van der Waals surface area contributed by atoms with Crippen LogP contribution in [0.15, 0.2) is 24.3 Å². The fourth-order valence-corrected chi connectivity index (χ4v) is 2.49. The molecule has 1 amide bonds. The van der Waals surface area contributed by atoms with E-state index >= 15 is 0 Å². The average molecular weight is 261 g/mol. The number of benzene rings is 1. The van der Waals surface area contributed by atoms with Gasteiger partial charge in [0, 0.05) is 12.1 Å². The van der Waals surface area contributed by atoms with E-state index in [9.17, 15) is 9.59 Å². The van der Waals surface area contributed by atoms with E-state index in [4.69, 9.17) is 5.11 Å². The van der Waals surface area contributed by atoms with Crippen molar-refractivity contribution in [1.82, 2.24) is 5.32 Å². The zero-order valence-corrected chi connectivity index (χ0v) is 11.1. The summed E-state index contributed by atoms with van der Waals surface area (Å²) in [7, 11) is 0. The molecule has 0 aromatic heterocycles. The van der Waals surface area contributed by atoms with Crippen molar-refractivity contribution >= 4 is 11.9 Å². The molecule has 4 nitrogen and oxygen atoms in total. The van der Waals surface area contributed by atoms with Gasteiger partial charge in [0.1, 0.15) is 0 Å². The average Bonchev–Trinajstić information content (AvgIpc) is 2.32. The second-order valence-electron chi connectivity index (χ2n) is 5.47. The van der Waals surface area contributed by atoms with Crippen LogP contribution in [-0.2, 0) is 4.79 Å². The quantitative estimate of drug-likeness (QED) is 0.855. The molecule has 1 aromatic carbocycles. The largest absolute Gasteiger partial charge is 0.481 e. The summed E-state index contributed by atoms with van der Waals surface area (Å²) in [5.41, 5.74) is 1.50. The lowest BCUT2D eigenvalue weighted by Gasteiger charge is -2.40. The molecule has 0 atom stereocenters. The van der Waals surface area contributed by atoms with E-state index in [-0.39, 0.29) is 17.7 Å². The molecule has 1 aliphatic carbocycles. The number of aryl methyl sites for hydroxylation is 1. The summed E-state index contributed by atoms with van der Waals surface area (Å²) in [5.74, 6) is -0.916. The summed E-state index contributed by atoms with van der Waals surface area (Å²) in [4.78, 5) is 22.8. The number of nitrogens with one attached hydrogen (secondary N) is 1. The minimum Gasteiger partial charge on any atom is -0.481 e. The minimum atomic E-state index is -0.788. The van der Waals surface area contributed by atoms with E-state index in [2.05, 4.69) is 5.32 Å². The molecule has 1 aliphatic rings. The van der Waals surface area contributed by atoms with Crippen LogP contribution in [0.25, 0.3) is 0 Å². The van der Waals surface area contributed by atoms with Gasteiger partial charge in [0.25, 0.3) is 5.91 Å². The number of carbonyl (C=O) groups is 2. The summed E-state index contributed by atoms with van der Waals surface area (Å²) < 4.78 is 0. The molecule has 0 spiro atoms. The van der Waals surface area contributed by atoms with E-state index in [0.29, 0.717) is 12.1 Å². The number of carboxylic acid groups (broad SMARTS) is 1. The first-order valence-electron chi connectivity index (χ1n) is 6.57. The highest BCUT2D eigenvalue weighted by atomic mass is 16.4. The molecule has 102 valence electrons. The number of amides is 1. The number of aliphatic carboxylic acids is 1. The highest BCUT2D eigenvalue weighted by Crippen LogP contribution is 2.43. The Bertz CT molecular complexity index is 475. The zero-order chi connectivity index (χ0) is 13.9. The van der Waals surface area contributed by atoms with E-state index in [1.54, 1.807) is 12.1 Å². The van der Waals surface area contributed by atoms with Crippen molar-refractivity contribution in [2.24, 2.45) is 5.41 Å². The van der Waals surface area contributed by atoms with Crippen molar-refractivity contribution in [2.45, 2.75) is 32.6 Å². The Hall–Kier alpha value is -1.84. The van der Waals surface area contributed by atoms with Gasteiger partial charge in [-0.1, -0.05) is 24.1 Å². The van der Waals surface area contributed by atoms with Gasteiger partial charge in [-0.3, -0.25) is 9.59 Å². The molecule has 1 aromatic rings. The predicted molar refractivity (Wildman–Crippen MR) is 72.0 cm³/mol. The molecule has 1 saturated carbocycles. The lowest BCUT2D eigenvalue weighted by molar-refractivity contribution is -0.141. The number of carbonyl (C=O) groups excluding carboxylic acids is 1. The van der Waals surface area contributed by atoms with Gasteiger partial charge in [0.05, 0.1) is 6.42 Å². The Kier molecular flexibility index (Phi) is 3.88. The van der Waals surface area contributed by atoms with Crippen LogP contribution in [0.1, 0.15) is 41.6 Å². The highest BCUT2D eigenvalue weighted by molar-refractivity contribution is 5.94.